The number of hydrogen-bond acceptors (Lipinski definition) is 2. The normalized spacial score (nSPS) is 10.7. The fourth-order valence-corrected chi connectivity index (χ4v) is 2.05. The summed E-state index contributed by atoms with van der Waals surface area (Å²) in [5.41, 5.74) is 2.37. The molecular weight excluding hydrogens is 214 g/mol. The molecule has 0 saturated carbocycles. The average Bonchev–Trinajstić information content (AvgIpc) is 2.65. The van der Waals surface area contributed by atoms with Crippen molar-refractivity contribution in [2.24, 2.45) is 7.05 Å². The van der Waals surface area contributed by atoms with E-state index < -0.39 is 0 Å². The second-order valence-corrected chi connectivity index (χ2v) is 4.06. The highest BCUT2D eigenvalue weighted by atomic mass is 16.5. The first-order valence-electron chi connectivity index (χ1n) is 5.91. The monoisotopic (exact) mass is 231 g/mol. The molecule has 0 atom stereocenters. The Hall–Kier alpha value is -1.77. The van der Waals surface area contributed by atoms with E-state index in [4.69, 9.17) is 4.74 Å². The molecule has 1 aromatic carbocycles. The minimum atomic E-state index is -0.127. The van der Waals surface area contributed by atoms with Crippen LogP contribution in [-0.2, 0) is 23.0 Å². The van der Waals surface area contributed by atoms with Gasteiger partial charge in [-0.15, -0.1) is 0 Å². The summed E-state index contributed by atoms with van der Waals surface area (Å²) in [5.74, 6) is -0.127. The van der Waals surface area contributed by atoms with Gasteiger partial charge in [-0.25, -0.2) is 0 Å². The van der Waals surface area contributed by atoms with Crippen molar-refractivity contribution in [3.63, 3.8) is 0 Å². The van der Waals surface area contributed by atoms with E-state index in [1.807, 2.05) is 26.1 Å². The van der Waals surface area contributed by atoms with Crippen LogP contribution in [0.25, 0.3) is 10.9 Å². The first-order valence-corrected chi connectivity index (χ1v) is 5.91. The van der Waals surface area contributed by atoms with Crippen molar-refractivity contribution in [3.8, 4) is 0 Å². The average molecular weight is 231 g/mol. The van der Waals surface area contributed by atoms with Crippen molar-refractivity contribution in [3.05, 3.63) is 36.0 Å². The topological polar surface area (TPSA) is 31.2 Å². The number of para-hydroxylation sites is 1. The van der Waals surface area contributed by atoms with Gasteiger partial charge in [0.2, 0.25) is 0 Å². The minimum Gasteiger partial charge on any atom is -0.466 e. The van der Waals surface area contributed by atoms with Gasteiger partial charge in [-0.05, 0) is 30.9 Å². The lowest BCUT2D eigenvalue weighted by Crippen LogP contribution is -2.06. The highest BCUT2D eigenvalue weighted by molar-refractivity contribution is 5.81. The zero-order valence-electron chi connectivity index (χ0n) is 10.3. The zero-order chi connectivity index (χ0) is 12.3. The van der Waals surface area contributed by atoms with Gasteiger partial charge in [0.15, 0.2) is 0 Å². The number of aryl methyl sites for hydroxylation is 2. The van der Waals surface area contributed by atoms with Crippen LogP contribution in [0.2, 0.25) is 0 Å². The molecule has 0 fully saturated rings. The van der Waals surface area contributed by atoms with Crippen molar-refractivity contribution in [2.75, 3.05) is 6.61 Å². The molecule has 3 nitrogen and oxygen atoms in total. The number of carbonyl (C=O) groups excluding carboxylic acids is 1. The zero-order valence-corrected chi connectivity index (χ0v) is 10.3. The predicted molar refractivity (Wildman–Crippen MR) is 67.9 cm³/mol. The molecule has 0 radical (unpaired) electrons. The van der Waals surface area contributed by atoms with Gasteiger partial charge in [-0.3, -0.25) is 4.79 Å². The standard InChI is InChI=1S/C14H17NO2/c1-3-17-14(16)9-8-12-10-11-6-4-5-7-13(11)15(12)2/h4-7,10H,3,8-9H2,1-2H3. The molecule has 90 valence electrons. The van der Waals surface area contributed by atoms with E-state index in [1.54, 1.807) is 0 Å². The van der Waals surface area contributed by atoms with Crippen LogP contribution in [0.4, 0.5) is 0 Å². The van der Waals surface area contributed by atoms with Gasteiger partial charge in [0.25, 0.3) is 0 Å². The lowest BCUT2D eigenvalue weighted by atomic mass is 10.2. The Balaban J connectivity index is 2.14. The second-order valence-electron chi connectivity index (χ2n) is 4.06. The van der Waals surface area contributed by atoms with E-state index in [1.165, 1.54) is 16.6 Å². The van der Waals surface area contributed by atoms with E-state index >= 15 is 0 Å². The van der Waals surface area contributed by atoms with Crippen LogP contribution in [0.3, 0.4) is 0 Å². The molecule has 0 aliphatic rings. The van der Waals surface area contributed by atoms with Gasteiger partial charge in [0.05, 0.1) is 13.0 Å². The van der Waals surface area contributed by atoms with Crippen molar-refractivity contribution >= 4 is 16.9 Å². The summed E-state index contributed by atoms with van der Waals surface area (Å²) < 4.78 is 7.06. The molecule has 0 aliphatic heterocycles. The molecule has 0 unspecified atom stereocenters. The van der Waals surface area contributed by atoms with E-state index in [2.05, 4.69) is 22.8 Å². The summed E-state index contributed by atoms with van der Waals surface area (Å²) in [6.07, 6.45) is 1.17. The second kappa shape index (κ2) is 5.04. The lowest BCUT2D eigenvalue weighted by molar-refractivity contribution is -0.143. The van der Waals surface area contributed by atoms with E-state index in [0.29, 0.717) is 13.0 Å². The van der Waals surface area contributed by atoms with E-state index in [0.717, 1.165) is 6.42 Å². The maximum Gasteiger partial charge on any atom is 0.306 e. The van der Waals surface area contributed by atoms with Crippen LogP contribution in [0.5, 0.6) is 0 Å². The number of carbonyl (C=O) groups is 1. The van der Waals surface area contributed by atoms with Gasteiger partial charge < -0.3 is 9.30 Å². The summed E-state index contributed by atoms with van der Waals surface area (Å²) in [5, 5.41) is 1.22. The predicted octanol–water partition coefficient (Wildman–Crippen LogP) is 2.67. The van der Waals surface area contributed by atoms with E-state index in [9.17, 15) is 4.79 Å². The van der Waals surface area contributed by atoms with Crippen LogP contribution in [0, 0.1) is 0 Å². The molecule has 2 rings (SSSR count). The third kappa shape index (κ3) is 2.49. The Morgan fingerprint density at radius 1 is 1.35 bits per heavy atom. The molecule has 0 N–H and O–H groups in total. The number of ether oxygens (including phenoxy) is 1. The molecule has 0 saturated heterocycles. The summed E-state index contributed by atoms with van der Waals surface area (Å²) in [4.78, 5) is 11.3. The molecule has 1 heterocycles. The summed E-state index contributed by atoms with van der Waals surface area (Å²) >= 11 is 0. The van der Waals surface area contributed by atoms with Crippen LogP contribution >= 0.6 is 0 Å². The van der Waals surface area contributed by atoms with Crippen LogP contribution in [-0.4, -0.2) is 17.1 Å². The molecule has 3 heteroatoms. The van der Waals surface area contributed by atoms with Crippen molar-refractivity contribution < 1.29 is 9.53 Å². The first kappa shape index (κ1) is 11.7. The van der Waals surface area contributed by atoms with Crippen molar-refractivity contribution in [1.29, 1.82) is 0 Å². The quantitative estimate of drug-likeness (QED) is 0.757. The minimum absolute atomic E-state index is 0.127. The van der Waals surface area contributed by atoms with Crippen molar-refractivity contribution in [1.82, 2.24) is 4.57 Å². The molecular formula is C14H17NO2. The Labute approximate surface area is 101 Å². The van der Waals surface area contributed by atoms with Crippen LogP contribution < -0.4 is 0 Å². The number of fused-ring (bicyclic) bond motifs is 1. The Bertz CT molecular complexity index is 528. The smallest absolute Gasteiger partial charge is 0.306 e. The number of aromatic nitrogens is 1. The van der Waals surface area contributed by atoms with Crippen LogP contribution in [0.1, 0.15) is 19.0 Å². The van der Waals surface area contributed by atoms with Gasteiger partial charge in [-0.2, -0.15) is 0 Å². The number of rotatable bonds is 4. The Morgan fingerprint density at radius 2 is 2.12 bits per heavy atom. The largest absolute Gasteiger partial charge is 0.466 e. The summed E-state index contributed by atoms with van der Waals surface area (Å²) in [6, 6.07) is 10.4. The highest BCUT2D eigenvalue weighted by Gasteiger charge is 2.08. The van der Waals surface area contributed by atoms with Crippen molar-refractivity contribution in [2.45, 2.75) is 19.8 Å². The van der Waals surface area contributed by atoms with Gasteiger partial charge in [0.1, 0.15) is 0 Å². The molecule has 0 aliphatic carbocycles. The third-order valence-electron chi connectivity index (χ3n) is 2.94. The number of nitrogens with zero attached hydrogens (tertiary/aromatic N) is 1. The molecule has 0 amide bonds. The molecule has 0 spiro atoms. The molecule has 1 aromatic heterocycles. The van der Waals surface area contributed by atoms with Gasteiger partial charge >= 0.3 is 5.97 Å². The van der Waals surface area contributed by atoms with Crippen LogP contribution in [0.15, 0.2) is 30.3 Å². The summed E-state index contributed by atoms with van der Waals surface area (Å²) in [6.45, 7) is 2.28. The first-order chi connectivity index (χ1) is 8.22. The van der Waals surface area contributed by atoms with Gasteiger partial charge in [0, 0.05) is 18.3 Å². The number of esters is 1. The fraction of sp³-hybridized carbons (Fsp3) is 0.357. The SMILES string of the molecule is CCOC(=O)CCc1cc2ccccc2n1C. The molecule has 2 aromatic rings. The Morgan fingerprint density at radius 3 is 2.82 bits per heavy atom. The lowest BCUT2D eigenvalue weighted by Gasteiger charge is -2.04. The van der Waals surface area contributed by atoms with E-state index in [-0.39, 0.29) is 5.97 Å². The maximum absolute atomic E-state index is 11.3. The summed E-state index contributed by atoms with van der Waals surface area (Å²) in [7, 11) is 2.03. The van der Waals surface area contributed by atoms with Gasteiger partial charge in [-0.1, -0.05) is 18.2 Å². The maximum atomic E-state index is 11.3. The number of hydrogen-bond donors (Lipinski definition) is 0. The highest BCUT2D eigenvalue weighted by Crippen LogP contribution is 2.19. The third-order valence-corrected chi connectivity index (χ3v) is 2.94. The molecule has 0 bridgehead atoms. The Kier molecular flexibility index (Phi) is 3.47. The molecule has 17 heavy (non-hydrogen) atoms. The fourth-order valence-electron chi connectivity index (χ4n) is 2.05. The number of benzene rings is 1.